The molecule has 0 saturated carbocycles. The lowest BCUT2D eigenvalue weighted by atomic mass is 10.0. The van der Waals surface area contributed by atoms with E-state index in [-0.39, 0.29) is 5.95 Å². The molecule has 4 rings (SSSR count). The number of methoxy groups -OCH3 is 1. The Hall–Kier alpha value is -3.48. The lowest BCUT2D eigenvalue weighted by molar-refractivity contribution is 0.398. The minimum absolute atomic E-state index is 0.234. The van der Waals surface area contributed by atoms with E-state index in [1.807, 2.05) is 30.5 Å². The average Bonchev–Trinajstić information content (AvgIpc) is 3.06. The van der Waals surface area contributed by atoms with Crippen molar-refractivity contribution in [3.05, 3.63) is 49.1 Å². The summed E-state index contributed by atoms with van der Waals surface area (Å²) in [6, 6.07) is 7.60. The van der Waals surface area contributed by atoms with Gasteiger partial charge in [-0.2, -0.15) is 0 Å². The van der Waals surface area contributed by atoms with Gasteiger partial charge in [-0.25, -0.2) is 19.9 Å². The van der Waals surface area contributed by atoms with Crippen LogP contribution in [0.4, 0.5) is 5.95 Å². The molecule has 24 heavy (non-hydrogen) atoms. The van der Waals surface area contributed by atoms with Crippen LogP contribution in [0.15, 0.2) is 49.1 Å². The van der Waals surface area contributed by atoms with Crippen molar-refractivity contribution in [3.63, 3.8) is 0 Å². The Labute approximate surface area is 137 Å². The summed E-state index contributed by atoms with van der Waals surface area (Å²) in [6.45, 7) is 0. The summed E-state index contributed by atoms with van der Waals surface area (Å²) in [5.41, 5.74) is 10.1. The maximum absolute atomic E-state index is 5.72. The first-order chi connectivity index (χ1) is 11.8. The third-order valence-electron chi connectivity index (χ3n) is 3.78. The van der Waals surface area contributed by atoms with Crippen LogP contribution in [0.3, 0.4) is 0 Å². The standard InChI is InChI=1S/C17H14N6O/c1-24-14-8-10(2-5-19-14)11-3-6-20-16-15(11)12(9-22-16)13-4-7-21-17(18)23-13/h2-9H,1H3,(H,20,22)(H2,18,21,23). The number of H-pyrrole nitrogens is 1. The van der Waals surface area contributed by atoms with Crippen LogP contribution in [0.2, 0.25) is 0 Å². The van der Waals surface area contributed by atoms with Crippen molar-refractivity contribution in [2.24, 2.45) is 0 Å². The molecule has 4 aromatic rings. The molecule has 0 aliphatic carbocycles. The van der Waals surface area contributed by atoms with Crippen LogP contribution in [0, 0.1) is 0 Å². The number of rotatable bonds is 3. The Morgan fingerprint density at radius 1 is 1.00 bits per heavy atom. The Balaban J connectivity index is 1.98. The molecular formula is C17H14N6O. The monoisotopic (exact) mass is 318 g/mol. The number of pyridine rings is 2. The fourth-order valence-electron chi connectivity index (χ4n) is 2.71. The molecule has 0 radical (unpaired) electrons. The van der Waals surface area contributed by atoms with E-state index in [9.17, 15) is 0 Å². The lowest BCUT2D eigenvalue weighted by Gasteiger charge is -2.07. The van der Waals surface area contributed by atoms with Crippen molar-refractivity contribution >= 4 is 17.0 Å². The third kappa shape index (κ3) is 2.32. The molecule has 0 aliphatic heterocycles. The minimum Gasteiger partial charge on any atom is -0.481 e. The number of anilines is 1. The van der Waals surface area contributed by atoms with Gasteiger partial charge < -0.3 is 15.5 Å². The predicted molar refractivity (Wildman–Crippen MR) is 91.3 cm³/mol. The van der Waals surface area contributed by atoms with Gasteiger partial charge in [0.2, 0.25) is 11.8 Å². The molecule has 0 aromatic carbocycles. The second kappa shape index (κ2) is 5.62. The Kier molecular flexibility index (Phi) is 3.31. The Morgan fingerprint density at radius 3 is 2.67 bits per heavy atom. The molecule has 0 atom stereocenters. The highest BCUT2D eigenvalue weighted by molar-refractivity contribution is 6.03. The van der Waals surface area contributed by atoms with Gasteiger partial charge in [-0.15, -0.1) is 0 Å². The molecular weight excluding hydrogens is 304 g/mol. The number of nitrogen functional groups attached to an aromatic ring is 1. The SMILES string of the molecule is COc1cc(-c2ccnc3[nH]cc(-c4ccnc(N)n4)c23)ccn1. The molecule has 118 valence electrons. The molecule has 0 aliphatic rings. The Morgan fingerprint density at radius 2 is 1.83 bits per heavy atom. The summed E-state index contributed by atoms with van der Waals surface area (Å²) in [5, 5.41) is 0.962. The lowest BCUT2D eigenvalue weighted by Crippen LogP contribution is -1.95. The van der Waals surface area contributed by atoms with Gasteiger partial charge in [0.05, 0.1) is 12.8 Å². The summed E-state index contributed by atoms with van der Waals surface area (Å²) in [7, 11) is 1.60. The van der Waals surface area contributed by atoms with Gasteiger partial charge in [0, 0.05) is 41.8 Å². The number of nitrogens with one attached hydrogen (secondary N) is 1. The zero-order chi connectivity index (χ0) is 16.5. The summed E-state index contributed by atoms with van der Waals surface area (Å²) < 4.78 is 5.23. The summed E-state index contributed by atoms with van der Waals surface area (Å²) in [5.74, 6) is 0.790. The van der Waals surface area contributed by atoms with Crippen molar-refractivity contribution in [2.45, 2.75) is 0 Å². The van der Waals surface area contributed by atoms with Crippen LogP contribution in [-0.2, 0) is 0 Å². The number of nitrogens with two attached hydrogens (primary N) is 1. The number of ether oxygens (including phenoxy) is 1. The number of hydrogen-bond donors (Lipinski definition) is 2. The quantitative estimate of drug-likeness (QED) is 0.602. The highest BCUT2D eigenvalue weighted by atomic mass is 16.5. The van der Waals surface area contributed by atoms with E-state index in [2.05, 4.69) is 24.9 Å². The zero-order valence-corrected chi connectivity index (χ0v) is 12.9. The van der Waals surface area contributed by atoms with Gasteiger partial charge in [-0.3, -0.25) is 0 Å². The predicted octanol–water partition coefficient (Wildman–Crippen LogP) is 2.67. The van der Waals surface area contributed by atoms with E-state index in [1.54, 1.807) is 25.7 Å². The minimum atomic E-state index is 0.234. The molecule has 0 spiro atoms. The summed E-state index contributed by atoms with van der Waals surface area (Å²) >= 11 is 0. The molecule has 7 nitrogen and oxygen atoms in total. The highest BCUT2D eigenvalue weighted by Gasteiger charge is 2.14. The molecule has 0 saturated heterocycles. The van der Waals surface area contributed by atoms with Crippen molar-refractivity contribution in [1.82, 2.24) is 24.9 Å². The maximum Gasteiger partial charge on any atom is 0.220 e. The normalized spacial score (nSPS) is 10.9. The van der Waals surface area contributed by atoms with E-state index in [1.165, 1.54) is 0 Å². The topological polar surface area (TPSA) is 103 Å². The van der Waals surface area contributed by atoms with Crippen LogP contribution in [0.25, 0.3) is 33.4 Å². The first-order valence-electron chi connectivity index (χ1n) is 7.31. The molecule has 7 heteroatoms. The average molecular weight is 318 g/mol. The van der Waals surface area contributed by atoms with E-state index in [4.69, 9.17) is 10.5 Å². The second-order valence-electron chi connectivity index (χ2n) is 5.17. The van der Waals surface area contributed by atoms with Crippen molar-refractivity contribution in [1.29, 1.82) is 0 Å². The van der Waals surface area contributed by atoms with Crippen LogP contribution >= 0.6 is 0 Å². The fraction of sp³-hybridized carbons (Fsp3) is 0.0588. The number of aromatic nitrogens is 5. The van der Waals surface area contributed by atoms with Crippen molar-refractivity contribution in [2.75, 3.05) is 12.8 Å². The van der Waals surface area contributed by atoms with E-state index in [0.29, 0.717) is 5.88 Å². The van der Waals surface area contributed by atoms with Gasteiger partial charge in [-0.1, -0.05) is 0 Å². The highest BCUT2D eigenvalue weighted by Crippen LogP contribution is 2.35. The largest absolute Gasteiger partial charge is 0.481 e. The number of nitrogens with zero attached hydrogens (tertiary/aromatic N) is 4. The van der Waals surface area contributed by atoms with Gasteiger partial charge in [0.1, 0.15) is 5.65 Å². The van der Waals surface area contributed by atoms with Gasteiger partial charge in [0.15, 0.2) is 0 Å². The number of aromatic amines is 1. The van der Waals surface area contributed by atoms with E-state index in [0.717, 1.165) is 33.4 Å². The maximum atomic E-state index is 5.72. The molecule has 0 bridgehead atoms. The first kappa shape index (κ1) is 14.1. The van der Waals surface area contributed by atoms with Crippen LogP contribution in [-0.4, -0.2) is 32.0 Å². The van der Waals surface area contributed by atoms with Crippen LogP contribution < -0.4 is 10.5 Å². The first-order valence-corrected chi connectivity index (χ1v) is 7.31. The van der Waals surface area contributed by atoms with Crippen molar-refractivity contribution in [3.8, 4) is 28.3 Å². The molecule has 4 heterocycles. The Bertz CT molecular complexity index is 1030. The second-order valence-corrected chi connectivity index (χ2v) is 5.17. The molecule has 0 unspecified atom stereocenters. The fourth-order valence-corrected chi connectivity index (χ4v) is 2.71. The molecule has 4 aromatic heterocycles. The number of hydrogen-bond acceptors (Lipinski definition) is 6. The van der Waals surface area contributed by atoms with Crippen LogP contribution in [0.1, 0.15) is 0 Å². The van der Waals surface area contributed by atoms with E-state index >= 15 is 0 Å². The molecule has 0 fully saturated rings. The van der Waals surface area contributed by atoms with Gasteiger partial charge in [0.25, 0.3) is 0 Å². The smallest absolute Gasteiger partial charge is 0.220 e. The molecule has 3 N–H and O–H groups in total. The third-order valence-corrected chi connectivity index (χ3v) is 3.78. The van der Waals surface area contributed by atoms with Crippen LogP contribution in [0.5, 0.6) is 5.88 Å². The van der Waals surface area contributed by atoms with E-state index < -0.39 is 0 Å². The van der Waals surface area contributed by atoms with Crippen molar-refractivity contribution < 1.29 is 4.74 Å². The summed E-state index contributed by atoms with van der Waals surface area (Å²) in [6.07, 6.45) is 7.00. The van der Waals surface area contributed by atoms with Gasteiger partial charge >= 0.3 is 0 Å². The van der Waals surface area contributed by atoms with Gasteiger partial charge in [-0.05, 0) is 29.3 Å². The summed E-state index contributed by atoms with van der Waals surface area (Å²) in [4.78, 5) is 20.0. The number of fused-ring (bicyclic) bond motifs is 1. The zero-order valence-electron chi connectivity index (χ0n) is 12.9. The molecule has 0 amide bonds.